The van der Waals surface area contributed by atoms with Gasteiger partial charge in [0.15, 0.2) is 0 Å². The number of nitrogens with one attached hydrogen (secondary N) is 1. The molecule has 3 heterocycles. The summed E-state index contributed by atoms with van der Waals surface area (Å²) in [4.78, 5) is 8.82. The van der Waals surface area contributed by atoms with Crippen molar-refractivity contribution in [2.75, 3.05) is 18.1 Å². The molecule has 1 unspecified atom stereocenters. The second-order valence-electron chi connectivity index (χ2n) is 5.74. The molecule has 1 aliphatic heterocycles. The lowest BCUT2D eigenvalue weighted by molar-refractivity contribution is 0.393. The van der Waals surface area contributed by atoms with E-state index in [1.807, 2.05) is 6.92 Å². The van der Waals surface area contributed by atoms with Gasteiger partial charge in [-0.15, -0.1) is 10.2 Å². The van der Waals surface area contributed by atoms with Crippen molar-refractivity contribution < 1.29 is 8.42 Å². The number of rotatable bonds is 5. The maximum Gasteiger partial charge on any atom is 0.211 e. The van der Waals surface area contributed by atoms with Crippen LogP contribution in [0, 0.1) is 6.92 Å². The van der Waals surface area contributed by atoms with E-state index in [1.54, 1.807) is 13.0 Å². The Morgan fingerprint density at radius 2 is 2.17 bits per heavy atom. The summed E-state index contributed by atoms with van der Waals surface area (Å²) in [6.07, 6.45) is 3.67. The van der Waals surface area contributed by atoms with Gasteiger partial charge in [0, 0.05) is 12.6 Å². The van der Waals surface area contributed by atoms with E-state index in [-0.39, 0.29) is 6.04 Å². The van der Waals surface area contributed by atoms with Crippen molar-refractivity contribution in [3.8, 4) is 0 Å². The van der Waals surface area contributed by atoms with Crippen molar-refractivity contribution in [3.05, 3.63) is 22.6 Å². The molecule has 1 atom stereocenters. The Morgan fingerprint density at radius 1 is 1.38 bits per heavy atom. The minimum Gasteiger partial charge on any atom is -0.315 e. The van der Waals surface area contributed by atoms with E-state index in [4.69, 9.17) is 0 Å². The first kappa shape index (κ1) is 17.2. The lowest BCUT2D eigenvalue weighted by Crippen LogP contribution is -2.30. The summed E-state index contributed by atoms with van der Waals surface area (Å²) in [6.45, 7) is 4.36. The Balaban J connectivity index is 1.88. The molecule has 8 nitrogen and oxygen atoms in total. The topological polar surface area (TPSA) is 101 Å². The van der Waals surface area contributed by atoms with E-state index in [0.717, 1.165) is 24.3 Å². The normalized spacial score (nSPS) is 18.9. The Bertz CT molecular complexity index is 836. The predicted octanol–water partition coefficient (Wildman–Crippen LogP) is 2.04. The zero-order chi connectivity index (χ0) is 17.3. The van der Waals surface area contributed by atoms with Gasteiger partial charge >= 0.3 is 0 Å². The molecule has 0 spiro atoms. The van der Waals surface area contributed by atoms with E-state index >= 15 is 0 Å². The first-order valence-electron chi connectivity index (χ1n) is 7.78. The highest BCUT2D eigenvalue weighted by Crippen LogP contribution is 2.34. The van der Waals surface area contributed by atoms with Crippen LogP contribution in [0.25, 0.3) is 0 Å². The van der Waals surface area contributed by atoms with Crippen LogP contribution in [-0.2, 0) is 16.4 Å². The van der Waals surface area contributed by atoms with Crippen LogP contribution in [0.3, 0.4) is 0 Å². The van der Waals surface area contributed by atoms with Gasteiger partial charge in [-0.3, -0.25) is 0 Å². The quantitative estimate of drug-likeness (QED) is 0.861. The highest BCUT2D eigenvalue weighted by molar-refractivity contribution is 7.88. The Morgan fingerprint density at radius 3 is 2.83 bits per heavy atom. The van der Waals surface area contributed by atoms with Crippen molar-refractivity contribution in [3.63, 3.8) is 0 Å². The van der Waals surface area contributed by atoms with E-state index in [9.17, 15) is 8.42 Å². The van der Waals surface area contributed by atoms with Crippen LogP contribution in [0.1, 0.15) is 42.3 Å². The second kappa shape index (κ2) is 6.69. The summed E-state index contributed by atoms with van der Waals surface area (Å²) < 4.78 is 25.4. The van der Waals surface area contributed by atoms with Crippen LogP contribution < -0.4 is 5.32 Å². The van der Waals surface area contributed by atoms with Crippen LogP contribution in [0.2, 0.25) is 0 Å². The fourth-order valence-corrected chi connectivity index (χ4v) is 4.64. The molecule has 1 fully saturated rings. The molecule has 0 aliphatic carbocycles. The average molecular weight is 368 g/mol. The van der Waals surface area contributed by atoms with E-state index in [0.29, 0.717) is 29.0 Å². The Labute approximate surface area is 145 Å². The number of sulfonamides is 1. The summed E-state index contributed by atoms with van der Waals surface area (Å²) in [6, 6.07) is 1.57. The molecular formula is C14H20N6O2S2. The zero-order valence-corrected chi connectivity index (χ0v) is 15.5. The molecule has 1 N–H and O–H groups in total. The van der Waals surface area contributed by atoms with Gasteiger partial charge in [-0.05, 0) is 26.2 Å². The van der Waals surface area contributed by atoms with Crippen molar-refractivity contribution in [1.29, 1.82) is 0 Å². The number of nitrogens with zero attached hydrogens (tertiary/aromatic N) is 5. The third-order valence-corrected chi connectivity index (χ3v) is 6.11. The molecule has 0 aromatic carbocycles. The smallest absolute Gasteiger partial charge is 0.211 e. The maximum atomic E-state index is 12.0. The van der Waals surface area contributed by atoms with Gasteiger partial charge in [0.25, 0.3) is 0 Å². The minimum atomic E-state index is -3.25. The summed E-state index contributed by atoms with van der Waals surface area (Å²) >= 11 is 1.48. The molecule has 1 saturated heterocycles. The summed E-state index contributed by atoms with van der Waals surface area (Å²) in [5.41, 5.74) is 0.716. The van der Waals surface area contributed by atoms with E-state index < -0.39 is 10.0 Å². The summed E-state index contributed by atoms with van der Waals surface area (Å²) in [7, 11) is -3.25. The van der Waals surface area contributed by atoms with Crippen molar-refractivity contribution in [1.82, 2.24) is 24.5 Å². The van der Waals surface area contributed by atoms with Crippen LogP contribution in [0.5, 0.6) is 0 Å². The minimum absolute atomic E-state index is 0.233. The Hall–Kier alpha value is -1.65. The molecule has 130 valence electrons. The zero-order valence-electron chi connectivity index (χ0n) is 13.9. The van der Waals surface area contributed by atoms with Crippen LogP contribution in [-0.4, -0.2) is 45.7 Å². The van der Waals surface area contributed by atoms with Crippen molar-refractivity contribution in [2.45, 2.75) is 39.2 Å². The van der Waals surface area contributed by atoms with Gasteiger partial charge in [0.05, 0.1) is 18.0 Å². The van der Waals surface area contributed by atoms with Gasteiger partial charge in [-0.1, -0.05) is 18.3 Å². The SMILES string of the molecule is CCc1nnc(Nc2cc(C3CCCN3S(C)(=O)=O)nc(C)n2)s1. The molecule has 2 aromatic heterocycles. The predicted molar refractivity (Wildman–Crippen MR) is 92.9 cm³/mol. The third kappa shape index (κ3) is 3.70. The molecule has 2 aromatic rings. The molecule has 0 bridgehead atoms. The molecule has 10 heteroatoms. The molecular weight excluding hydrogens is 348 g/mol. The number of anilines is 2. The molecule has 24 heavy (non-hydrogen) atoms. The number of hydrogen-bond donors (Lipinski definition) is 1. The first-order chi connectivity index (χ1) is 11.4. The first-order valence-corrected chi connectivity index (χ1v) is 10.4. The lowest BCUT2D eigenvalue weighted by atomic mass is 10.1. The fraction of sp³-hybridized carbons (Fsp3) is 0.571. The number of hydrogen-bond acceptors (Lipinski definition) is 8. The van der Waals surface area contributed by atoms with Gasteiger partial charge < -0.3 is 5.32 Å². The third-order valence-electron chi connectivity index (χ3n) is 3.83. The molecule has 1 aliphatic rings. The molecule has 0 amide bonds. The average Bonchev–Trinajstić information content (AvgIpc) is 3.14. The van der Waals surface area contributed by atoms with E-state index in [1.165, 1.54) is 21.9 Å². The summed E-state index contributed by atoms with van der Waals surface area (Å²) in [5.74, 6) is 1.20. The highest BCUT2D eigenvalue weighted by Gasteiger charge is 2.33. The second-order valence-corrected chi connectivity index (χ2v) is 8.73. The van der Waals surface area contributed by atoms with Gasteiger partial charge in [-0.2, -0.15) is 4.31 Å². The van der Waals surface area contributed by atoms with Crippen LogP contribution in [0.15, 0.2) is 6.07 Å². The van der Waals surface area contributed by atoms with Gasteiger partial charge in [0.2, 0.25) is 15.2 Å². The monoisotopic (exact) mass is 368 g/mol. The summed E-state index contributed by atoms with van der Waals surface area (Å²) in [5, 5.41) is 12.9. The molecule has 3 rings (SSSR count). The fourth-order valence-electron chi connectivity index (χ4n) is 2.81. The maximum absolute atomic E-state index is 12.0. The molecule has 0 radical (unpaired) electrons. The van der Waals surface area contributed by atoms with Gasteiger partial charge in [0.1, 0.15) is 16.6 Å². The number of aromatic nitrogens is 4. The number of aryl methyl sites for hydroxylation is 2. The van der Waals surface area contributed by atoms with Crippen LogP contribution in [0.4, 0.5) is 10.9 Å². The Kier molecular flexibility index (Phi) is 4.79. The van der Waals surface area contributed by atoms with Gasteiger partial charge in [-0.25, -0.2) is 18.4 Å². The highest BCUT2D eigenvalue weighted by atomic mass is 32.2. The van der Waals surface area contributed by atoms with Crippen molar-refractivity contribution in [2.24, 2.45) is 0 Å². The standard InChI is InChI=1S/C14H20N6O2S2/c1-4-13-18-19-14(23-13)17-12-8-10(15-9(2)16-12)11-6-5-7-20(11)24(3,21)22/h8,11H,4-7H2,1-3H3,(H,15,16,17,19). The lowest BCUT2D eigenvalue weighted by Gasteiger charge is -2.22. The van der Waals surface area contributed by atoms with E-state index in [2.05, 4.69) is 25.5 Å². The van der Waals surface area contributed by atoms with Crippen molar-refractivity contribution >= 4 is 32.3 Å². The largest absolute Gasteiger partial charge is 0.315 e. The molecule has 0 saturated carbocycles. The van der Waals surface area contributed by atoms with Crippen LogP contribution >= 0.6 is 11.3 Å².